The van der Waals surface area contributed by atoms with Gasteiger partial charge in [-0.3, -0.25) is 4.90 Å². The van der Waals surface area contributed by atoms with Gasteiger partial charge in [-0.15, -0.1) is 0 Å². The number of nitrogens with zero attached hydrogens (tertiary/aromatic N) is 2. The highest BCUT2D eigenvalue weighted by atomic mass is 32.1. The van der Waals surface area contributed by atoms with E-state index in [9.17, 15) is 0 Å². The Hall–Kier alpha value is -0.970. The van der Waals surface area contributed by atoms with Crippen LogP contribution in [0.4, 0.5) is 0 Å². The second-order valence-corrected chi connectivity index (χ2v) is 5.66. The molecule has 1 aromatic carbocycles. The van der Waals surface area contributed by atoms with Crippen LogP contribution in [0.3, 0.4) is 0 Å². The van der Waals surface area contributed by atoms with Crippen molar-refractivity contribution in [2.24, 2.45) is 5.73 Å². The third-order valence-electron chi connectivity index (χ3n) is 3.88. The van der Waals surface area contributed by atoms with Gasteiger partial charge in [0.25, 0.3) is 0 Å². The Kier molecular flexibility index (Phi) is 4.91. The average Bonchev–Trinajstić information content (AvgIpc) is 2.42. The second kappa shape index (κ2) is 6.46. The van der Waals surface area contributed by atoms with E-state index in [1.165, 1.54) is 11.1 Å². The molecule has 0 aliphatic carbocycles. The van der Waals surface area contributed by atoms with Gasteiger partial charge < -0.3 is 10.6 Å². The van der Waals surface area contributed by atoms with Crippen molar-refractivity contribution in [3.05, 3.63) is 35.4 Å². The molecule has 1 aliphatic rings. The lowest BCUT2D eigenvalue weighted by Crippen LogP contribution is -2.49. The number of benzene rings is 1. The van der Waals surface area contributed by atoms with E-state index in [1.54, 1.807) is 0 Å². The summed E-state index contributed by atoms with van der Waals surface area (Å²) in [5, 5.41) is 0. The Morgan fingerprint density at radius 1 is 1.21 bits per heavy atom. The number of hydrogen-bond donors (Lipinski definition) is 1. The van der Waals surface area contributed by atoms with Crippen LogP contribution in [0.1, 0.15) is 24.1 Å². The van der Waals surface area contributed by atoms with Crippen LogP contribution in [-0.4, -0.2) is 47.5 Å². The monoisotopic (exact) mass is 277 g/mol. The zero-order valence-electron chi connectivity index (χ0n) is 11.8. The van der Waals surface area contributed by atoms with Crippen molar-refractivity contribution in [2.45, 2.75) is 19.9 Å². The summed E-state index contributed by atoms with van der Waals surface area (Å²) in [5.74, 6) is 0. The van der Waals surface area contributed by atoms with E-state index in [0.717, 1.165) is 32.7 Å². The van der Waals surface area contributed by atoms with Gasteiger partial charge in [-0.05, 0) is 19.0 Å². The minimum absolute atomic E-state index is 0.0783. The number of likely N-dealkylation sites (N-methyl/N-ethyl adjacent to an activating group) is 1. The van der Waals surface area contributed by atoms with E-state index in [-0.39, 0.29) is 6.04 Å². The predicted molar refractivity (Wildman–Crippen MR) is 84.4 cm³/mol. The van der Waals surface area contributed by atoms with Crippen LogP contribution < -0.4 is 5.73 Å². The van der Waals surface area contributed by atoms with Crippen LogP contribution >= 0.6 is 12.2 Å². The van der Waals surface area contributed by atoms with Gasteiger partial charge in [0.2, 0.25) is 0 Å². The molecular formula is C15H23N3S. The van der Waals surface area contributed by atoms with Gasteiger partial charge in [-0.1, -0.05) is 49.0 Å². The zero-order valence-corrected chi connectivity index (χ0v) is 12.6. The van der Waals surface area contributed by atoms with Crippen molar-refractivity contribution >= 4 is 17.2 Å². The molecule has 1 aliphatic heterocycles. The summed E-state index contributed by atoms with van der Waals surface area (Å²) in [6.45, 7) is 9.69. The van der Waals surface area contributed by atoms with E-state index in [2.05, 4.69) is 47.9 Å². The normalized spacial score (nSPS) is 19.3. The van der Waals surface area contributed by atoms with Gasteiger partial charge in [0, 0.05) is 26.2 Å². The summed E-state index contributed by atoms with van der Waals surface area (Å²) in [5.41, 5.74) is 8.46. The van der Waals surface area contributed by atoms with Crippen molar-refractivity contribution in [3.8, 4) is 0 Å². The van der Waals surface area contributed by atoms with Crippen LogP contribution in [0.5, 0.6) is 0 Å². The molecule has 4 heteroatoms. The first kappa shape index (κ1) is 14.4. The van der Waals surface area contributed by atoms with Crippen molar-refractivity contribution < 1.29 is 0 Å². The van der Waals surface area contributed by atoms with Gasteiger partial charge in [-0.2, -0.15) is 0 Å². The van der Waals surface area contributed by atoms with Crippen molar-refractivity contribution in [1.82, 2.24) is 9.80 Å². The average molecular weight is 277 g/mol. The molecule has 0 spiro atoms. The SMILES string of the molecule is CCN1CCN(C(C(N)=S)c2ccc(C)cc2)CC1. The van der Waals surface area contributed by atoms with Gasteiger partial charge in [-0.25, -0.2) is 0 Å². The summed E-state index contributed by atoms with van der Waals surface area (Å²) in [4.78, 5) is 5.44. The van der Waals surface area contributed by atoms with Gasteiger partial charge >= 0.3 is 0 Å². The smallest absolute Gasteiger partial charge is 0.0948 e. The largest absolute Gasteiger partial charge is 0.392 e. The lowest BCUT2D eigenvalue weighted by atomic mass is 10.0. The van der Waals surface area contributed by atoms with E-state index in [4.69, 9.17) is 18.0 Å². The van der Waals surface area contributed by atoms with Crippen LogP contribution in [0.15, 0.2) is 24.3 Å². The van der Waals surface area contributed by atoms with Crippen molar-refractivity contribution in [1.29, 1.82) is 0 Å². The Labute approximate surface area is 121 Å². The quantitative estimate of drug-likeness (QED) is 0.853. The maximum Gasteiger partial charge on any atom is 0.0948 e. The molecule has 0 amide bonds. The lowest BCUT2D eigenvalue weighted by Gasteiger charge is -2.38. The molecule has 0 aromatic heterocycles. The summed E-state index contributed by atoms with van der Waals surface area (Å²) < 4.78 is 0. The predicted octanol–water partition coefficient (Wildman–Crippen LogP) is 1.96. The van der Waals surface area contributed by atoms with Gasteiger partial charge in [0.05, 0.1) is 11.0 Å². The number of rotatable bonds is 4. The Morgan fingerprint density at radius 2 is 1.79 bits per heavy atom. The molecule has 1 heterocycles. The molecule has 2 N–H and O–H groups in total. The maximum absolute atomic E-state index is 5.98. The molecule has 1 saturated heterocycles. The Balaban J connectivity index is 2.13. The van der Waals surface area contributed by atoms with Crippen LogP contribution in [-0.2, 0) is 0 Å². The van der Waals surface area contributed by atoms with Crippen molar-refractivity contribution in [2.75, 3.05) is 32.7 Å². The number of piperazine rings is 1. The van der Waals surface area contributed by atoms with Gasteiger partial charge in [0.1, 0.15) is 0 Å². The molecule has 19 heavy (non-hydrogen) atoms. The first-order valence-corrected chi connectivity index (χ1v) is 7.35. The van der Waals surface area contributed by atoms with Crippen LogP contribution in [0, 0.1) is 6.92 Å². The molecule has 0 saturated carbocycles. The lowest BCUT2D eigenvalue weighted by molar-refractivity contribution is 0.122. The number of nitrogens with two attached hydrogens (primary N) is 1. The zero-order chi connectivity index (χ0) is 13.8. The number of aryl methyl sites for hydroxylation is 1. The second-order valence-electron chi connectivity index (χ2n) is 5.19. The summed E-state index contributed by atoms with van der Waals surface area (Å²) >= 11 is 5.29. The number of thiocarbonyl (C=S) groups is 1. The fourth-order valence-electron chi connectivity index (χ4n) is 2.64. The highest BCUT2D eigenvalue weighted by Crippen LogP contribution is 2.23. The topological polar surface area (TPSA) is 32.5 Å². The molecule has 0 radical (unpaired) electrons. The highest BCUT2D eigenvalue weighted by Gasteiger charge is 2.26. The van der Waals surface area contributed by atoms with E-state index < -0.39 is 0 Å². The molecule has 2 rings (SSSR count). The summed E-state index contributed by atoms with van der Waals surface area (Å²) in [6, 6.07) is 8.62. The van der Waals surface area contributed by atoms with Gasteiger partial charge in [0.15, 0.2) is 0 Å². The van der Waals surface area contributed by atoms with E-state index in [0.29, 0.717) is 4.99 Å². The van der Waals surface area contributed by atoms with E-state index in [1.807, 2.05) is 0 Å². The minimum Gasteiger partial charge on any atom is -0.392 e. The summed E-state index contributed by atoms with van der Waals surface area (Å²) in [7, 11) is 0. The van der Waals surface area contributed by atoms with Crippen LogP contribution in [0.25, 0.3) is 0 Å². The van der Waals surface area contributed by atoms with Crippen molar-refractivity contribution in [3.63, 3.8) is 0 Å². The molecule has 104 valence electrons. The first-order valence-electron chi connectivity index (χ1n) is 6.94. The third kappa shape index (κ3) is 3.53. The standard InChI is InChI=1S/C15H23N3S/c1-3-17-8-10-18(11-9-17)14(15(16)19)13-6-4-12(2)5-7-13/h4-7,14H,3,8-11H2,1-2H3,(H2,16,19). The highest BCUT2D eigenvalue weighted by molar-refractivity contribution is 7.80. The fourth-order valence-corrected chi connectivity index (χ4v) is 2.93. The van der Waals surface area contributed by atoms with E-state index >= 15 is 0 Å². The Morgan fingerprint density at radius 3 is 2.26 bits per heavy atom. The maximum atomic E-state index is 5.98. The Bertz CT molecular complexity index is 422. The minimum atomic E-state index is 0.0783. The molecular weight excluding hydrogens is 254 g/mol. The molecule has 1 fully saturated rings. The molecule has 3 nitrogen and oxygen atoms in total. The fraction of sp³-hybridized carbons (Fsp3) is 0.533. The molecule has 0 bridgehead atoms. The number of hydrogen-bond acceptors (Lipinski definition) is 3. The molecule has 1 aromatic rings. The third-order valence-corrected chi connectivity index (χ3v) is 4.11. The summed E-state index contributed by atoms with van der Waals surface area (Å²) in [6.07, 6.45) is 0. The van der Waals surface area contributed by atoms with Crippen LogP contribution in [0.2, 0.25) is 0 Å². The molecule has 1 atom stereocenters. The molecule has 1 unspecified atom stereocenters. The first-order chi connectivity index (χ1) is 9.11.